The highest BCUT2D eigenvalue weighted by atomic mass is 35.5. The number of hydrogen-bond donors (Lipinski definition) is 0. The van der Waals surface area contributed by atoms with Crippen LogP contribution < -0.4 is 0 Å². The lowest BCUT2D eigenvalue weighted by atomic mass is 10.0. The van der Waals surface area contributed by atoms with Crippen LogP contribution in [0.5, 0.6) is 0 Å². The molecule has 2 heterocycles. The maximum Gasteiger partial charge on any atom is 0.134 e. The van der Waals surface area contributed by atoms with Crippen molar-refractivity contribution in [1.29, 1.82) is 0 Å². The van der Waals surface area contributed by atoms with Crippen LogP contribution in [0.2, 0.25) is 0 Å². The number of hydrogen-bond acceptors (Lipinski definition) is 2. The van der Waals surface area contributed by atoms with Crippen molar-refractivity contribution in [2.75, 3.05) is 20.1 Å². The van der Waals surface area contributed by atoms with Gasteiger partial charge in [0.15, 0.2) is 0 Å². The van der Waals surface area contributed by atoms with Gasteiger partial charge >= 0.3 is 0 Å². The Labute approximate surface area is 120 Å². The molecule has 2 unspecified atom stereocenters. The minimum absolute atomic E-state index is 0. The summed E-state index contributed by atoms with van der Waals surface area (Å²) in [5, 5.41) is 1.25. The van der Waals surface area contributed by atoms with Gasteiger partial charge < -0.3 is 9.32 Å². The van der Waals surface area contributed by atoms with Gasteiger partial charge in [0.25, 0.3) is 0 Å². The minimum Gasteiger partial charge on any atom is -0.461 e. The number of furan rings is 1. The molecule has 4 rings (SSSR count). The number of likely N-dealkylation sites (tertiary alicyclic amines) is 1. The third kappa shape index (κ3) is 2.17. The molecule has 2 aromatic rings. The van der Waals surface area contributed by atoms with E-state index in [-0.39, 0.29) is 12.4 Å². The van der Waals surface area contributed by atoms with Crippen LogP contribution >= 0.6 is 12.4 Å². The molecular weight excluding hydrogens is 258 g/mol. The highest BCUT2D eigenvalue weighted by Crippen LogP contribution is 2.46. The predicted octanol–water partition coefficient (Wildman–Crippen LogP) is 3.91. The molecule has 1 aromatic heterocycles. The SMILES string of the molecule is CN1CC2CC(c3cc4ccccc4o3)CC2C1.Cl. The van der Waals surface area contributed by atoms with Crippen molar-refractivity contribution in [2.24, 2.45) is 11.8 Å². The van der Waals surface area contributed by atoms with Crippen molar-refractivity contribution >= 4 is 23.4 Å². The summed E-state index contributed by atoms with van der Waals surface area (Å²) < 4.78 is 6.03. The maximum atomic E-state index is 6.03. The second-order valence-corrected chi connectivity index (χ2v) is 6.10. The number of nitrogens with zero attached hydrogens (tertiary/aromatic N) is 1. The Morgan fingerprint density at radius 3 is 2.47 bits per heavy atom. The quantitative estimate of drug-likeness (QED) is 0.786. The van der Waals surface area contributed by atoms with E-state index in [1.54, 1.807) is 0 Å². The Morgan fingerprint density at radius 1 is 1.11 bits per heavy atom. The second kappa shape index (κ2) is 4.84. The van der Waals surface area contributed by atoms with Gasteiger partial charge in [-0.3, -0.25) is 0 Å². The number of benzene rings is 1. The fourth-order valence-corrected chi connectivity index (χ4v) is 3.97. The molecule has 0 spiro atoms. The van der Waals surface area contributed by atoms with Crippen LogP contribution in [0, 0.1) is 11.8 Å². The summed E-state index contributed by atoms with van der Waals surface area (Å²) in [7, 11) is 2.24. The van der Waals surface area contributed by atoms with Crippen LogP contribution in [0.4, 0.5) is 0 Å². The first-order valence-corrected chi connectivity index (χ1v) is 6.96. The monoisotopic (exact) mass is 277 g/mol. The van der Waals surface area contributed by atoms with Crippen molar-refractivity contribution in [3.05, 3.63) is 36.1 Å². The molecule has 1 aromatic carbocycles. The number of para-hydroxylation sites is 1. The highest BCUT2D eigenvalue weighted by molar-refractivity contribution is 5.85. The van der Waals surface area contributed by atoms with Gasteiger partial charge in [-0.25, -0.2) is 0 Å². The fraction of sp³-hybridized carbons (Fsp3) is 0.500. The summed E-state index contributed by atoms with van der Waals surface area (Å²) in [4.78, 5) is 2.48. The molecule has 1 saturated heterocycles. The molecule has 2 nitrogen and oxygen atoms in total. The minimum atomic E-state index is 0. The van der Waals surface area contributed by atoms with Crippen molar-refractivity contribution in [2.45, 2.75) is 18.8 Å². The van der Waals surface area contributed by atoms with Gasteiger partial charge in [-0.15, -0.1) is 12.4 Å². The summed E-state index contributed by atoms with van der Waals surface area (Å²) >= 11 is 0. The Hall–Kier alpha value is -0.990. The molecule has 1 aliphatic carbocycles. The van der Waals surface area contributed by atoms with Crippen molar-refractivity contribution < 1.29 is 4.42 Å². The van der Waals surface area contributed by atoms with Gasteiger partial charge in [0.05, 0.1) is 0 Å². The number of fused-ring (bicyclic) bond motifs is 2. The lowest BCUT2D eigenvalue weighted by molar-refractivity contribution is 0.362. The van der Waals surface area contributed by atoms with E-state index in [2.05, 4.69) is 36.2 Å². The van der Waals surface area contributed by atoms with Gasteiger partial charge in [-0.05, 0) is 43.9 Å². The lowest BCUT2D eigenvalue weighted by Gasteiger charge is -2.12. The highest BCUT2D eigenvalue weighted by Gasteiger charge is 2.41. The molecule has 102 valence electrons. The summed E-state index contributed by atoms with van der Waals surface area (Å²) in [6.45, 7) is 2.56. The van der Waals surface area contributed by atoms with E-state index in [4.69, 9.17) is 4.42 Å². The standard InChI is InChI=1S/C16H19NO.ClH/c1-17-9-13-6-12(7-14(13)10-17)16-8-11-4-2-3-5-15(11)18-16;/h2-5,8,12-14H,6-7,9-10H2,1H3;1H. The van der Waals surface area contributed by atoms with Crippen LogP contribution in [0.15, 0.2) is 34.7 Å². The summed E-state index contributed by atoms with van der Waals surface area (Å²) in [5.41, 5.74) is 1.04. The third-order valence-electron chi connectivity index (χ3n) is 4.78. The van der Waals surface area contributed by atoms with E-state index >= 15 is 0 Å². The molecule has 0 radical (unpaired) electrons. The van der Waals surface area contributed by atoms with Gasteiger partial charge in [0.2, 0.25) is 0 Å². The first kappa shape index (κ1) is 13.0. The normalized spacial score (nSPS) is 30.5. The first-order chi connectivity index (χ1) is 8.79. The molecule has 2 fully saturated rings. The third-order valence-corrected chi connectivity index (χ3v) is 4.78. The molecule has 0 bridgehead atoms. The Morgan fingerprint density at radius 2 is 1.79 bits per heavy atom. The van der Waals surface area contributed by atoms with E-state index in [0.717, 1.165) is 17.4 Å². The Balaban J connectivity index is 0.00000110. The molecule has 2 aliphatic rings. The number of halogens is 1. The molecule has 1 aliphatic heterocycles. The molecule has 2 atom stereocenters. The topological polar surface area (TPSA) is 16.4 Å². The average Bonchev–Trinajstić information content (AvgIpc) is 2.98. The second-order valence-electron chi connectivity index (χ2n) is 6.10. The summed E-state index contributed by atoms with van der Waals surface area (Å²) in [6, 6.07) is 10.6. The number of rotatable bonds is 1. The van der Waals surface area contributed by atoms with Crippen LogP contribution in [-0.4, -0.2) is 25.0 Å². The van der Waals surface area contributed by atoms with Crippen LogP contribution in [0.25, 0.3) is 11.0 Å². The molecule has 19 heavy (non-hydrogen) atoms. The van der Waals surface area contributed by atoms with E-state index < -0.39 is 0 Å². The fourth-order valence-electron chi connectivity index (χ4n) is 3.97. The molecular formula is C16H20ClNO. The first-order valence-electron chi connectivity index (χ1n) is 6.96. The molecule has 1 saturated carbocycles. The van der Waals surface area contributed by atoms with Gasteiger partial charge in [-0.2, -0.15) is 0 Å². The van der Waals surface area contributed by atoms with Crippen molar-refractivity contribution in [3.63, 3.8) is 0 Å². The molecule has 0 amide bonds. The predicted molar refractivity (Wildman–Crippen MR) is 79.9 cm³/mol. The van der Waals surface area contributed by atoms with E-state index in [1.165, 1.54) is 37.1 Å². The maximum absolute atomic E-state index is 6.03. The summed E-state index contributed by atoms with van der Waals surface area (Å²) in [5.74, 6) is 3.66. The van der Waals surface area contributed by atoms with Crippen molar-refractivity contribution in [1.82, 2.24) is 4.90 Å². The summed E-state index contributed by atoms with van der Waals surface area (Å²) in [6.07, 6.45) is 2.63. The van der Waals surface area contributed by atoms with Gasteiger partial charge in [-0.1, -0.05) is 18.2 Å². The largest absolute Gasteiger partial charge is 0.461 e. The zero-order valence-corrected chi connectivity index (χ0v) is 12.0. The average molecular weight is 278 g/mol. The van der Waals surface area contributed by atoms with Crippen LogP contribution in [-0.2, 0) is 0 Å². The lowest BCUT2D eigenvalue weighted by Crippen LogP contribution is -2.16. The Bertz CT molecular complexity index is 532. The smallest absolute Gasteiger partial charge is 0.134 e. The molecule has 3 heteroatoms. The van der Waals surface area contributed by atoms with E-state index in [0.29, 0.717) is 5.92 Å². The molecule has 0 N–H and O–H groups in total. The van der Waals surface area contributed by atoms with Gasteiger partial charge in [0, 0.05) is 24.4 Å². The zero-order valence-electron chi connectivity index (χ0n) is 11.2. The van der Waals surface area contributed by atoms with Crippen LogP contribution in [0.1, 0.15) is 24.5 Å². The van der Waals surface area contributed by atoms with Crippen molar-refractivity contribution in [3.8, 4) is 0 Å². The van der Waals surface area contributed by atoms with Crippen LogP contribution in [0.3, 0.4) is 0 Å². The zero-order chi connectivity index (χ0) is 12.1. The van der Waals surface area contributed by atoms with Gasteiger partial charge in [0.1, 0.15) is 11.3 Å². The van der Waals surface area contributed by atoms with E-state index in [9.17, 15) is 0 Å². The van der Waals surface area contributed by atoms with E-state index in [1.807, 2.05) is 6.07 Å². The Kier molecular flexibility index (Phi) is 3.32.